The van der Waals surface area contributed by atoms with Crippen molar-refractivity contribution in [3.05, 3.63) is 54.1 Å². The van der Waals surface area contributed by atoms with E-state index in [0.717, 1.165) is 5.56 Å². The fraction of sp³-hybridized carbons (Fsp3) is 0.0769. The predicted molar refractivity (Wildman–Crippen MR) is 72.8 cm³/mol. The van der Waals surface area contributed by atoms with Crippen molar-refractivity contribution in [2.45, 2.75) is 11.8 Å². The van der Waals surface area contributed by atoms with Crippen LogP contribution in [0.15, 0.2) is 53.4 Å². The van der Waals surface area contributed by atoms with Gasteiger partial charge >= 0.3 is 0 Å². The molecule has 5 heteroatoms. The molecule has 0 saturated heterocycles. The van der Waals surface area contributed by atoms with Gasteiger partial charge < -0.3 is 5.73 Å². The second-order valence-corrected chi connectivity index (χ2v) is 5.73. The average molecular weight is 262 g/mol. The van der Waals surface area contributed by atoms with E-state index >= 15 is 0 Å². The summed E-state index contributed by atoms with van der Waals surface area (Å²) >= 11 is 0. The van der Waals surface area contributed by atoms with Crippen LogP contribution in [0.5, 0.6) is 0 Å². The molecule has 0 radical (unpaired) electrons. The number of anilines is 2. The summed E-state index contributed by atoms with van der Waals surface area (Å²) in [6.45, 7) is 1.85. The Morgan fingerprint density at radius 1 is 1.06 bits per heavy atom. The highest BCUT2D eigenvalue weighted by Crippen LogP contribution is 2.18. The van der Waals surface area contributed by atoms with E-state index in [-0.39, 0.29) is 4.90 Å². The first kappa shape index (κ1) is 12.4. The molecule has 0 aromatic heterocycles. The molecule has 18 heavy (non-hydrogen) atoms. The Hall–Kier alpha value is -2.01. The van der Waals surface area contributed by atoms with Crippen molar-refractivity contribution >= 4 is 21.4 Å². The first-order valence-electron chi connectivity index (χ1n) is 5.42. The molecule has 0 saturated carbocycles. The zero-order chi connectivity index (χ0) is 13.2. The summed E-state index contributed by atoms with van der Waals surface area (Å²) in [7, 11) is -3.56. The summed E-state index contributed by atoms with van der Waals surface area (Å²) in [5.74, 6) is 0. The van der Waals surface area contributed by atoms with E-state index in [9.17, 15) is 8.42 Å². The molecule has 2 aromatic carbocycles. The van der Waals surface area contributed by atoms with Crippen LogP contribution < -0.4 is 10.5 Å². The summed E-state index contributed by atoms with van der Waals surface area (Å²) in [4.78, 5) is 0.241. The molecular weight excluding hydrogens is 248 g/mol. The van der Waals surface area contributed by atoms with E-state index < -0.39 is 10.0 Å². The smallest absolute Gasteiger partial charge is 0.261 e. The highest BCUT2D eigenvalue weighted by Gasteiger charge is 2.13. The monoisotopic (exact) mass is 262 g/mol. The topological polar surface area (TPSA) is 72.2 Å². The van der Waals surface area contributed by atoms with Crippen molar-refractivity contribution in [1.82, 2.24) is 0 Å². The summed E-state index contributed by atoms with van der Waals surface area (Å²) in [6, 6.07) is 13.4. The Kier molecular flexibility index (Phi) is 3.25. The number of hydrogen-bond donors (Lipinski definition) is 2. The molecule has 0 atom stereocenters. The molecular formula is C13H14N2O2S. The number of rotatable bonds is 3. The summed E-state index contributed by atoms with van der Waals surface area (Å²) in [6.07, 6.45) is 0. The molecule has 0 amide bonds. The average Bonchev–Trinajstić information content (AvgIpc) is 2.28. The van der Waals surface area contributed by atoms with E-state index in [1.54, 1.807) is 42.5 Å². The predicted octanol–water partition coefficient (Wildman–Crippen LogP) is 2.38. The largest absolute Gasteiger partial charge is 0.399 e. The number of aryl methyl sites for hydroxylation is 1. The SMILES string of the molecule is Cc1cccc(S(=O)(=O)Nc2cccc(N)c2)c1. The first-order valence-corrected chi connectivity index (χ1v) is 6.91. The lowest BCUT2D eigenvalue weighted by Crippen LogP contribution is -2.13. The van der Waals surface area contributed by atoms with Crippen molar-refractivity contribution in [3.8, 4) is 0 Å². The van der Waals surface area contributed by atoms with Gasteiger partial charge in [0, 0.05) is 5.69 Å². The quantitative estimate of drug-likeness (QED) is 0.834. The van der Waals surface area contributed by atoms with Gasteiger partial charge in [0.15, 0.2) is 0 Å². The highest BCUT2D eigenvalue weighted by atomic mass is 32.2. The molecule has 0 spiro atoms. The number of benzene rings is 2. The lowest BCUT2D eigenvalue weighted by molar-refractivity contribution is 0.601. The van der Waals surface area contributed by atoms with E-state index in [1.807, 2.05) is 13.0 Å². The molecule has 0 heterocycles. The van der Waals surface area contributed by atoms with Gasteiger partial charge in [-0.2, -0.15) is 0 Å². The summed E-state index contributed by atoms with van der Waals surface area (Å²) in [5.41, 5.74) is 7.47. The minimum Gasteiger partial charge on any atom is -0.399 e. The van der Waals surface area contributed by atoms with Crippen LogP contribution in [0.1, 0.15) is 5.56 Å². The molecule has 0 aliphatic heterocycles. The van der Waals surface area contributed by atoms with Gasteiger partial charge in [0.25, 0.3) is 10.0 Å². The van der Waals surface area contributed by atoms with Crippen LogP contribution in [0.4, 0.5) is 11.4 Å². The van der Waals surface area contributed by atoms with Gasteiger partial charge in [0.05, 0.1) is 10.6 Å². The van der Waals surface area contributed by atoms with E-state index in [1.165, 1.54) is 0 Å². The Balaban J connectivity index is 2.33. The van der Waals surface area contributed by atoms with Gasteiger partial charge in [0.2, 0.25) is 0 Å². The Morgan fingerprint density at radius 2 is 1.78 bits per heavy atom. The van der Waals surface area contributed by atoms with Gasteiger partial charge in [-0.1, -0.05) is 18.2 Å². The van der Waals surface area contributed by atoms with E-state index in [4.69, 9.17) is 5.73 Å². The van der Waals surface area contributed by atoms with Crippen molar-refractivity contribution in [3.63, 3.8) is 0 Å². The minimum absolute atomic E-state index is 0.241. The highest BCUT2D eigenvalue weighted by molar-refractivity contribution is 7.92. The zero-order valence-corrected chi connectivity index (χ0v) is 10.7. The summed E-state index contributed by atoms with van der Waals surface area (Å²) in [5, 5.41) is 0. The number of sulfonamides is 1. The van der Waals surface area contributed by atoms with Crippen LogP contribution in [0, 0.1) is 6.92 Å². The fourth-order valence-electron chi connectivity index (χ4n) is 1.60. The Labute approximate surface area is 107 Å². The second kappa shape index (κ2) is 4.70. The standard InChI is InChI=1S/C13H14N2O2S/c1-10-4-2-7-13(8-10)18(16,17)15-12-6-3-5-11(14)9-12/h2-9,15H,14H2,1H3. The van der Waals surface area contributed by atoms with Crippen molar-refractivity contribution in [1.29, 1.82) is 0 Å². The minimum atomic E-state index is -3.56. The van der Waals surface area contributed by atoms with Crippen LogP contribution in [-0.2, 0) is 10.0 Å². The van der Waals surface area contributed by atoms with Gasteiger partial charge in [-0.25, -0.2) is 8.42 Å². The van der Waals surface area contributed by atoms with Crippen molar-refractivity contribution in [2.24, 2.45) is 0 Å². The second-order valence-electron chi connectivity index (χ2n) is 4.05. The normalized spacial score (nSPS) is 11.2. The lowest BCUT2D eigenvalue weighted by Gasteiger charge is -2.09. The molecule has 0 fully saturated rings. The lowest BCUT2D eigenvalue weighted by atomic mass is 10.2. The molecule has 0 unspecified atom stereocenters. The molecule has 2 rings (SSSR count). The Morgan fingerprint density at radius 3 is 2.44 bits per heavy atom. The molecule has 94 valence electrons. The number of hydrogen-bond acceptors (Lipinski definition) is 3. The van der Waals surface area contributed by atoms with Crippen LogP contribution in [0.2, 0.25) is 0 Å². The van der Waals surface area contributed by atoms with Crippen LogP contribution in [0.3, 0.4) is 0 Å². The van der Waals surface area contributed by atoms with Gasteiger partial charge in [-0.3, -0.25) is 4.72 Å². The maximum Gasteiger partial charge on any atom is 0.261 e. The Bertz CT molecular complexity index is 666. The number of nitrogens with two attached hydrogens (primary N) is 1. The van der Waals surface area contributed by atoms with Crippen molar-refractivity contribution < 1.29 is 8.42 Å². The van der Waals surface area contributed by atoms with E-state index in [2.05, 4.69) is 4.72 Å². The number of nitrogen functional groups attached to an aromatic ring is 1. The fourth-order valence-corrected chi connectivity index (χ4v) is 2.75. The maximum absolute atomic E-state index is 12.1. The third-order valence-corrected chi connectivity index (χ3v) is 3.82. The first-order chi connectivity index (χ1) is 8.47. The van der Waals surface area contributed by atoms with Crippen molar-refractivity contribution in [2.75, 3.05) is 10.5 Å². The van der Waals surface area contributed by atoms with Crippen LogP contribution in [0.25, 0.3) is 0 Å². The summed E-state index contributed by atoms with van der Waals surface area (Å²) < 4.78 is 26.7. The molecule has 4 nitrogen and oxygen atoms in total. The number of nitrogens with one attached hydrogen (secondary N) is 1. The van der Waals surface area contributed by atoms with Crippen LogP contribution >= 0.6 is 0 Å². The molecule has 2 aromatic rings. The maximum atomic E-state index is 12.1. The van der Waals surface area contributed by atoms with Gasteiger partial charge in [-0.15, -0.1) is 0 Å². The van der Waals surface area contributed by atoms with E-state index in [0.29, 0.717) is 11.4 Å². The van der Waals surface area contributed by atoms with Crippen LogP contribution in [-0.4, -0.2) is 8.42 Å². The zero-order valence-electron chi connectivity index (χ0n) is 9.92. The molecule has 3 N–H and O–H groups in total. The third kappa shape index (κ3) is 2.81. The van der Waals surface area contributed by atoms with Gasteiger partial charge in [0.1, 0.15) is 0 Å². The third-order valence-electron chi connectivity index (χ3n) is 2.44. The molecule has 0 aliphatic rings. The molecule has 0 bridgehead atoms. The van der Waals surface area contributed by atoms with Gasteiger partial charge in [-0.05, 0) is 42.8 Å². The molecule has 0 aliphatic carbocycles.